The van der Waals surface area contributed by atoms with E-state index in [9.17, 15) is 0 Å². The normalized spacial score (nSPS) is 40.8. The van der Waals surface area contributed by atoms with E-state index in [4.69, 9.17) is 0 Å². The molecule has 0 saturated heterocycles. The first-order chi connectivity index (χ1) is 9.49. The van der Waals surface area contributed by atoms with Gasteiger partial charge in [0, 0.05) is 11.6 Å². The van der Waals surface area contributed by atoms with Gasteiger partial charge < -0.3 is 10.2 Å². The maximum atomic E-state index is 3.75. The second-order valence-electron chi connectivity index (χ2n) is 7.97. The van der Waals surface area contributed by atoms with Gasteiger partial charge in [-0.3, -0.25) is 0 Å². The molecule has 0 spiro atoms. The van der Waals surface area contributed by atoms with Crippen molar-refractivity contribution in [3.05, 3.63) is 0 Å². The van der Waals surface area contributed by atoms with Crippen LogP contribution in [0.15, 0.2) is 0 Å². The molecular formula is C18H36N2. The van der Waals surface area contributed by atoms with Crippen molar-refractivity contribution in [2.75, 3.05) is 21.1 Å². The van der Waals surface area contributed by atoms with Gasteiger partial charge in [0.15, 0.2) is 0 Å². The summed E-state index contributed by atoms with van der Waals surface area (Å²) in [5.74, 6) is 2.75. The maximum absolute atomic E-state index is 3.75. The molecule has 2 nitrogen and oxygen atoms in total. The SMILES string of the molecule is CNC(C1CCC(C)CC1)C1(N(C)C)CCC(C)CC1. The highest BCUT2D eigenvalue weighted by Gasteiger charge is 2.45. The molecule has 2 rings (SSSR count). The molecule has 2 heteroatoms. The lowest BCUT2D eigenvalue weighted by Gasteiger charge is -2.53. The van der Waals surface area contributed by atoms with Crippen LogP contribution in [0.3, 0.4) is 0 Å². The second-order valence-corrected chi connectivity index (χ2v) is 7.97. The molecule has 1 atom stereocenters. The number of rotatable bonds is 4. The van der Waals surface area contributed by atoms with Crippen molar-refractivity contribution in [3.8, 4) is 0 Å². The van der Waals surface area contributed by atoms with Crippen LogP contribution in [0, 0.1) is 17.8 Å². The minimum absolute atomic E-state index is 0.395. The number of nitrogens with one attached hydrogen (secondary N) is 1. The highest BCUT2D eigenvalue weighted by molar-refractivity contribution is 5.04. The van der Waals surface area contributed by atoms with E-state index in [2.05, 4.69) is 45.2 Å². The van der Waals surface area contributed by atoms with Crippen LogP contribution in [0.2, 0.25) is 0 Å². The standard InChI is InChI=1S/C18H36N2/c1-14-6-8-16(9-7-14)17(19-3)18(20(4)5)12-10-15(2)11-13-18/h14-17,19H,6-13H2,1-5H3. The highest BCUT2D eigenvalue weighted by Crippen LogP contribution is 2.43. The fourth-order valence-electron chi connectivity index (χ4n) is 4.86. The summed E-state index contributed by atoms with van der Waals surface area (Å²) in [5, 5.41) is 3.75. The molecule has 118 valence electrons. The van der Waals surface area contributed by atoms with E-state index in [1.807, 2.05) is 0 Å². The average molecular weight is 281 g/mol. The fraction of sp³-hybridized carbons (Fsp3) is 1.00. The zero-order valence-electron chi connectivity index (χ0n) is 14.4. The predicted octanol–water partition coefficient (Wildman–Crippen LogP) is 3.91. The Kier molecular flexibility index (Phi) is 5.53. The number of nitrogens with zero attached hydrogens (tertiary/aromatic N) is 1. The summed E-state index contributed by atoms with van der Waals surface area (Å²) in [4.78, 5) is 2.55. The summed E-state index contributed by atoms with van der Waals surface area (Å²) >= 11 is 0. The van der Waals surface area contributed by atoms with Crippen molar-refractivity contribution in [3.63, 3.8) is 0 Å². The Morgan fingerprint density at radius 3 is 1.85 bits per heavy atom. The van der Waals surface area contributed by atoms with Gasteiger partial charge in [-0.1, -0.05) is 26.7 Å². The van der Waals surface area contributed by atoms with Crippen molar-refractivity contribution < 1.29 is 0 Å². The molecule has 2 fully saturated rings. The van der Waals surface area contributed by atoms with Crippen molar-refractivity contribution in [1.29, 1.82) is 0 Å². The van der Waals surface area contributed by atoms with Crippen LogP contribution < -0.4 is 5.32 Å². The summed E-state index contributed by atoms with van der Waals surface area (Å²) < 4.78 is 0. The maximum Gasteiger partial charge on any atom is 0.0359 e. The number of hydrogen-bond acceptors (Lipinski definition) is 2. The van der Waals surface area contributed by atoms with Gasteiger partial charge in [-0.25, -0.2) is 0 Å². The molecule has 0 amide bonds. The third-order valence-corrected chi connectivity index (χ3v) is 6.45. The smallest absolute Gasteiger partial charge is 0.0359 e. The average Bonchev–Trinajstić information content (AvgIpc) is 2.43. The molecule has 20 heavy (non-hydrogen) atoms. The highest BCUT2D eigenvalue weighted by atomic mass is 15.2. The Bertz CT molecular complexity index is 284. The lowest BCUT2D eigenvalue weighted by Crippen LogP contribution is -2.62. The van der Waals surface area contributed by atoms with Gasteiger partial charge in [0.05, 0.1) is 0 Å². The minimum Gasteiger partial charge on any atom is -0.315 e. The summed E-state index contributed by atoms with van der Waals surface area (Å²) in [7, 11) is 6.82. The van der Waals surface area contributed by atoms with Crippen molar-refractivity contribution >= 4 is 0 Å². The number of hydrogen-bond donors (Lipinski definition) is 1. The minimum atomic E-state index is 0.395. The molecule has 1 N–H and O–H groups in total. The van der Waals surface area contributed by atoms with Crippen molar-refractivity contribution in [1.82, 2.24) is 10.2 Å². The van der Waals surface area contributed by atoms with Gasteiger partial charge in [-0.2, -0.15) is 0 Å². The van der Waals surface area contributed by atoms with Gasteiger partial charge in [0.2, 0.25) is 0 Å². The van der Waals surface area contributed by atoms with Crippen LogP contribution in [0.25, 0.3) is 0 Å². The monoisotopic (exact) mass is 280 g/mol. The van der Waals surface area contributed by atoms with Gasteiger partial charge in [0.25, 0.3) is 0 Å². The molecule has 1 unspecified atom stereocenters. The Hall–Kier alpha value is -0.0800. The molecule has 0 bridgehead atoms. The van der Waals surface area contributed by atoms with Crippen molar-refractivity contribution in [2.45, 2.75) is 76.8 Å². The zero-order chi connectivity index (χ0) is 14.8. The first-order valence-electron chi connectivity index (χ1n) is 8.84. The lowest BCUT2D eigenvalue weighted by molar-refractivity contribution is 0.0137. The van der Waals surface area contributed by atoms with Gasteiger partial charge in [0.1, 0.15) is 0 Å². The van der Waals surface area contributed by atoms with E-state index >= 15 is 0 Å². The molecule has 2 aliphatic rings. The Morgan fingerprint density at radius 1 is 0.900 bits per heavy atom. The van der Waals surface area contributed by atoms with Crippen LogP contribution in [-0.2, 0) is 0 Å². The topological polar surface area (TPSA) is 15.3 Å². The van der Waals surface area contributed by atoms with Crippen LogP contribution in [0.1, 0.15) is 65.2 Å². The van der Waals surface area contributed by atoms with Crippen LogP contribution in [-0.4, -0.2) is 37.6 Å². The molecule has 0 radical (unpaired) electrons. The molecule has 0 aliphatic heterocycles. The van der Waals surface area contributed by atoms with Gasteiger partial charge >= 0.3 is 0 Å². The summed E-state index contributed by atoms with van der Waals surface area (Å²) in [6.07, 6.45) is 11.3. The lowest BCUT2D eigenvalue weighted by atomic mass is 9.65. The quantitative estimate of drug-likeness (QED) is 0.840. The van der Waals surface area contributed by atoms with Crippen LogP contribution in [0.5, 0.6) is 0 Å². The van der Waals surface area contributed by atoms with E-state index < -0.39 is 0 Å². The first kappa shape index (κ1) is 16.3. The second kappa shape index (κ2) is 6.79. The molecule has 0 aromatic heterocycles. The molecular weight excluding hydrogens is 244 g/mol. The molecule has 0 heterocycles. The Balaban J connectivity index is 2.13. The predicted molar refractivity (Wildman–Crippen MR) is 88.0 cm³/mol. The largest absolute Gasteiger partial charge is 0.315 e. The number of likely N-dealkylation sites (N-methyl/N-ethyl adjacent to an activating group) is 2. The van der Waals surface area contributed by atoms with Gasteiger partial charge in [-0.05, 0) is 77.4 Å². The van der Waals surface area contributed by atoms with E-state index in [1.165, 1.54) is 51.4 Å². The van der Waals surface area contributed by atoms with E-state index in [0.29, 0.717) is 11.6 Å². The van der Waals surface area contributed by atoms with Crippen LogP contribution in [0.4, 0.5) is 0 Å². The third-order valence-electron chi connectivity index (χ3n) is 6.45. The molecule has 2 saturated carbocycles. The van der Waals surface area contributed by atoms with E-state index in [1.54, 1.807) is 0 Å². The van der Waals surface area contributed by atoms with Crippen LogP contribution >= 0.6 is 0 Å². The molecule has 2 aliphatic carbocycles. The van der Waals surface area contributed by atoms with Crippen molar-refractivity contribution in [2.24, 2.45) is 17.8 Å². The van der Waals surface area contributed by atoms with E-state index in [0.717, 1.165) is 17.8 Å². The van der Waals surface area contributed by atoms with E-state index in [-0.39, 0.29) is 0 Å². The van der Waals surface area contributed by atoms with Gasteiger partial charge in [-0.15, -0.1) is 0 Å². The summed E-state index contributed by atoms with van der Waals surface area (Å²) in [6.45, 7) is 4.85. The Labute approximate surface area is 126 Å². The fourth-order valence-corrected chi connectivity index (χ4v) is 4.86. The third kappa shape index (κ3) is 3.22. The zero-order valence-corrected chi connectivity index (χ0v) is 14.4. The molecule has 0 aromatic carbocycles. The first-order valence-corrected chi connectivity index (χ1v) is 8.84. The Morgan fingerprint density at radius 2 is 1.40 bits per heavy atom. The summed E-state index contributed by atoms with van der Waals surface area (Å²) in [6, 6.07) is 0.678. The summed E-state index contributed by atoms with van der Waals surface area (Å²) in [5.41, 5.74) is 0.395. The molecule has 0 aromatic rings.